The number of aromatic nitrogens is 1. The maximum atomic E-state index is 11.6. The summed E-state index contributed by atoms with van der Waals surface area (Å²) < 4.78 is 10.9. The number of nitrogens with one attached hydrogen (secondary N) is 1. The van der Waals surface area contributed by atoms with E-state index in [1.807, 2.05) is 0 Å². The quantitative estimate of drug-likeness (QED) is 0.819. The van der Waals surface area contributed by atoms with Gasteiger partial charge in [-0.05, 0) is 17.7 Å². The molecule has 0 aliphatic rings. The lowest BCUT2D eigenvalue weighted by Crippen LogP contribution is -2.23. The van der Waals surface area contributed by atoms with E-state index >= 15 is 0 Å². The van der Waals surface area contributed by atoms with Crippen molar-refractivity contribution in [1.29, 1.82) is 0 Å². The van der Waals surface area contributed by atoms with Gasteiger partial charge in [-0.2, -0.15) is 0 Å². The maximum Gasteiger partial charge on any atom is 0.419 e. The number of carbonyl (C=O) groups is 2. The Hall–Kier alpha value is -2.57. The molecule has 7 nitrogen and oxygen atoms in total. The number of amides is 1. The van der Waals surface area contributed by atoms with E-state index in [4.69, 9.17) is 4.42 Å². The zero-order valence-electron chi connectivity index (χ0n) is 11.8. The third kappa shape index (κ3) is 3.50. The lowest BCUT2D eigenvalue weighted by Gasteiger charge is -2.05. The SMILES string of the molecule is COC(=O)CCC(=O)NCc1ccc2c(c1)oc(=O)n2C. The molecule has 0 radical (unpaired) electrons. The van der Waals surface area contributed by atoms with Crippen molar-refractivity contribution >= 4 is 23.0 Å². The number of fused-ring (bicyclic) bond motifs is 1. The van der Waals surface area contributed by atoms with Crippen LogP contribution >= 0.6 is 0 Å². The lowest BCUT2D eigenvalue weighted by molar-refractivity contribution is -0.142. The zero-order valence-corrected chi connectivity index (χ0v) is 11.8. The van der Waals surface area contributed by atoms with Gasteiger partial charge in [0.25, 0.3) is 0 Å². The van der Waals surface area contributed by atoms with Gasteiger partial charge in [0, 0.05) is 20.0 Å². The predicted molar refractivity (Wildman–Crippen MR) is 74.6 cm³/mol. The molecule has 7 heteroatoms. The lowest BCUT2D eigenvalue weighted by atomic mass is 10.2. The number of hydrogen-bond donors (Lipinski definition) is 1. The highest BCUT2D eigenvalue weighted by Gasteiger charge is 2.09. The molecule has 0 bridgehead atoms. The van der Waals surface area contributed by atoms with Gasteiger partial charge in [0.2, 0.25) is 5.91 Å². The summed E-state index contributed by atoms with van der Waals surface area (Å²) in [6.45, 7) is 0.300. The number of esters is 1. The molecule has 1 aromatic heterocycles. The smallest absolute Gasteiger partial charge is 0.419 e. The Morgan fingerprint density at radius 2 is 2.10 bits per heavy atom. The van der Waals surface area contributed by atoms with Crippen LogP contribution in [0.5, 0.6) is 0 Å². The molecule has 2 rings (SSSR count). The topological polar surface area (TPSA) is 90.5 Å². The van der Waals surface area contributed by atoms with Crippen LogP contribution in [0, 0.1) is 0 Å². The van der Waals surface area contributed by atoms with Crippen LogP contribution in [0.3, 0.4) is 0 Å². The molecule has 0 saturated carbocycles. The molecule has 1 amide bonds. The van der Waals surface area contributed by atoms with Gasteiger partial charge < -0.3 is 14.5 Å². The Morgan fingerprint density at radius 1 is 1.33 bits per heavy atom. The van der Waals surface area contributed by atoms with Crippen molar-refractivity contribution in [1.82, 2.24) is 9.88 Å². The molecule has 1 aromatic carbocycles. The average Bonchev–Trinajstić information content (AvgIpc) is 2.77. The second-order valence-corrected chi connectivity index (χ2v) is 4.58. The van der Waals surface area contributed by atoms with Crippen LogP contribution in [0.1, 0.15) is 18.4 Å². The third-order valence-corrected chi connectivity index (χ3v) is 3.13. The monoisotopic (exact) mass is 292 g/mol. The number of hydrogen-bond acceptors (Lipinski definition) is 5. The van der Waals surface area contributed by atoms with Gasteiger partial charge in [-0.1, -0.05) is 6.07 Å². The zero-order chi connectivity index (χ0) is 15.4. The van der Waals surface area contributed by atoms with Crippen LogP contribution in [0.15, 0.2) is 27.4 Å². The standard InChI is InChI=1S/C14H16N2O5/c1-16-10-4-3-9(7-11(10)21-14(16)19)8-15-12(17)5-6-13(18)20-2/h3-4,7H,5-6,8H2,1-2H3,(H,15,17). The van der Waals surface area contributed by atoms with Crippen molar-refractivity contribution in [3.05, 3.63) is 34.3 Å². The first-order valence-electron chi connectivity index (χ1n) is 6.43. The van der Waals surface area contributed by atoms with Crippen LogP contribution in [0.25, 0.3) is 11.1 Å². The molecule has 2 aromatic rings. The van der Waals surface area contributed by atoms with Crippen molar-refractivity contribution in [2.24, 2.45) is 7.05 Å². The molecule has 112 valence electrons. The molecule has 0 unspecified atom stereocenters. The second-order valence-electron chi connectivity index (χ2n) is 4.58. The van der Waals surface area contributed by atoms with E-state index in [9.17, 15) is 14.4 Å². The van der Waals surface area contributed by atoms with Crippen LogP contribution in [0.4, 0.5) is 0 Å². The van der Waals surface area contributed by atoms with E-state index < -0.39 is 11.7 Å². The number of benzene rings is 1. The fourth-order valence-electron chi connectivity index (χ4n) is 1.89. The Bertz CT molecular complexity index is 729. The van der Waals surface area contributed by atoms with Crippen molar-refractivity contribution in [2.45, 2.75) is 19.4 Å². The Balaban J connectivity index is 1.96. The highest BCUT2D eigenvalue weighted by atomic mass is 16.5. The highest BCUT2D eigenvalue weighted by Crippen LogP contribution is 2.14. The minimum atomic E-state index is -0.427. The minimum absolute atomic E-state index is 0.0505. The molecule has 0 aliphatic heterocycles. The summed E-state index contributed by atoms with van der Waals surface area (Å²) in [5, 5.41) is 2.69. The third-order valence-electron chi connectivity index (χ3n) is 3.13. The van der Waals surface area contributed by atoms with Gasteiger partial charge in [0.15, 0.2) is 5.58 Å². The van der Waals surface area contributed by atoms with E-state index in [1.165, 1.54) is 11.7 Å². The Kier molecular flexibility index (Phi) is 4.42. The van der Waals surface area contributed by atoms with Gasteiger partial charge in [0.05, 0.1) is 19.0 Å². The molecule has 1 heterocycles. The highest BCUT2D eigenvalue weighted by molar-refractivity contribution is 5.81. The normalized spacial score (nSPS) is 10.6. The van der Waals surface area contributed by atoms with Crippen molar-refractivity contribution in [2.75, 3.05) is 7.11 Å². The van der Waals surface area contributed by atoms with E-state index in [0.717, 1.165) is 5.56 Å². The maximum absolute atomic E-state index is 11.6. The van der Waals surface area contributed by atoms with Crippen molar-refractivity contribution < 1.29 is 18.7 Å². The molecule has 0 spiro atoms. The number of oxazole rings is 1. The van der Waals surface area contributed by atoms with Crippen LogP contribution in [-0.2, 0) is 27.9 Å². The molecular formula is C14H16N2O5. The fourth-order valence-corrected chi connectivity index (χ4v) is 1.89. The number of nitrogens with zero attached hydrogens (tertiary/aromatic N) is 1. The fraction of sp³-hybridized carbons (Fsp3) is 0.357. The van der Waals surface area contributed by atoms with Crippen LogP contribution < -0.4 is 11.1 Å². The minimum Gasteiger partial charge on any atom is -0.469 e. The molecule has 0 fully saturated rings. The van der Waals surface area contributed by atoms with E-state index in [1.54, 1.807) is 25.2 Å². The summed E-state index contributed by atoms with van der Waals surface area (Å²) in [7, 11) is 2.91. The molecule has 21 heavy (non-hydrogen) atoms. The van der Waals surface area contributed by atoms with Gasteiger partial charge in [-0.3, -0.25) is 14.2 Å². The molecule has 0 saturated heterocycles. The summed E-state index contributed by atoms with van der Waals surface area (Å²) in [5.41, 5.74) is 1.98. The summed E-state index contributed by atoms with van der Waals surface area (Å²) in [6, 6.07) is 5.27. The molecule has 0 atom stereocenters. The van der Waals surface area contributed by atoms with Gasteiger partial charge in [-0.15, -0.1) is 0 Å². The molecule has 1 N–H and O–H groups in total. The van der Waals surface area contributed by atoms with Gasteiger partial charge in [-0.25, -0.2) is 4.79 Å². The molecular weight excluding hydrogens is 276 g/mol. The van der Waals surface area contributed by atoms with Gasteiger partial charge >= 0.3 is 11.7 Å². The first kappa shape index (κ1) is 14.8. The summed E-state index contributed by atoms with van der Waals surface area (Å²) in [4.78, 5) is 33.9. The number of aryl methyl sites for hydroxylation is 1. The largest absolute Gasteiger partial charge is 0.469 e. The average molecular weight is 292 g/mol. The van der Waals surface area contributed by atoms with E-state index in [0.29, 0.717) is 17.6 Å². The van der Waals surface area contributed by atoms with Crippen LogP contribution in [-0.4, -0.2) is 23.6 Å². The number of rotatable bonds is 5. The predicted octanol–water partition coefficient (Wildman–Crippen LogP) is 0.701. The summed E-state index contributed by atoms with van der Waals surface area (Å²) >= 11 is 0. The summed E-state index contributed by atoms with van der Waals surface area (Å²) in [6.07, 6.45) is 0.129. The summed E-state index contributed by atoms with van der Waals surface area (Å²) in [5.74, 6) is -1.09. The first-order valence-corrected chi connectivity index (χ1v) is 6.43. The van der Waals surface area contributed by atoms with Crippen molar-refractivity contribution in [3.63, 3.8) is 0 Å². The Morgan fingerprint density at radius 3 is 2.81 bits per heavy atom. The van der Waals surface area contributed by atoms with Gasteiger partial charge in [0.1, 0.15) is 0 Å². The van der Waals surface area contributed by atoms with E-state index in [-0.39, 0.29) is 18.7 Å². The number of carbonyl (C=O) groups excluding carboxylic acids is 2. The first-order chi connectivity index (χ1) is 10.0. The van der Waals surface area contributed by atoms with E-state index in [2.05, 4.69) is 10.1 Å². The number of ether oxygens (including phenoxy) is 1. The second kappa shape index (κ2) is 6.25. The van der Waals surface area contributed by atoms with Crippen molar-refractivity contribution in [3.8, 4) is 0 Å². The Labute approximate surface area is 120 Å². The van der Waals surface area contributed by atoms with Crippen LogP contribution in [0.2, 0.25) is 0 Å². The molecule has 0 aliphatic carbocycles. The number of methoxy groups -OCH3 is 1.